The molecule has 3 rings (SSSR count). The van der Waals surface area contributed by atoms with Gasteiger partial charge in [-0.05, 0) is 38.8 Å². The van der Waals surface area contributed by atoms with E-state index in [-0.39, 0.29) is 12.0 Å². The maximum atomic E-state index is 11.8. The molecule has 1 aromatic rings. The second-order valence-electron chi connectivity index (χ2n) is 6.63. The van der Waals surface area contributed by atoms with E-state index < -0.39 is 0 Å². The second kappa shape index (κ2) is 7.29. The van der Waals surface area contributed by atoms with Crippen molar-refractivity contribution in [1.29, 1.82) is 0 Å². The molecular weight excluding hydrogens is 294 g/mol. The van der Waals surface area contributed by atoms with Gasteiger partial charge in [0.05, 0.1) is 13.7 Å². The van der Waals surface area contributed by atoms with E-state index >= 15 is 0 Å². The summed E-state index contributed by atoms with van der Waals surface area (Å²) in [5.74, 6) is 2.26. The number of piperidine rings is 2. The molecule has 0 aliphatic carbocycles. The van der Waals surface area contributed by atoms with Gasteiger partial charge < -0.3 is 14.2 Å². The van der Waals surface area contributed by atoms with Gasteiger partial charge in [-0.15, -0.1) is 10.2 Å². The monoisotopic (exact) mass is 321 g/mol. The van der Waals surface area contributed by atoms with E-state index in [1.54, 1.807) is 4.90 Å². The smallest absolute Gasteiger partial charge is 0.409 e. The quantitative estimate of drug-likeness (QED) is 0.848. The molecule has 3 heterocycles. The Bertz CT molecular complexity index is 539. The first-order chi connectivity index (χ1) is 11.2. The lowest BCUT2D eigenvalue weighted by Crippen LogP contribution is -2.39. The molecule has 0 bridgehead atoms. The van der Waals surface area contributed by atoms with E-state index in [1.165, 1.54) is 26.4 Å². The number of hydrogen-bond acceptors (Lipinski definition) is 5. The summed E-state index contributed by atoms with van der Waals surface area (Å²) < 4.78 is 6.97. The predicted molar refractivity (Wildman–Crippen MR) is 86.1 cm³/mol. The summed E-state index contributed by atoms with van der Waals surface area (Å²) in [7, 11) is 3.48. The Morgan fingerprint density at radius 1 is 1.17 bits per heavy atom. The number of carbonyl (C=O) groups is 1. The molecule has 0 spiro atoms. The standard InChI is InChI=1S/C16H27N5O2/c1-19-14(12-20-8-4-3-5-9-20)17-18-15(19)13-7-6-10-21(11-13)16(22)23-2/h13H,3-12H2,1-2H3/t13-/m0/s1. The fourth-order valence-electron chi connectivity index (χ4n) is 3.67. The highest BCUT2D eigenvalue weighted by molar-refractivity contribution is 5.67. The zero-order valence-corrected chi connectivity index (χ0v) is 14.2. The third-order valence-electron chi connectivity index (χ3n) is 5.03. The van der Waals surface area contributed by atoms with E-state index in [0.717, 1.165) is 50.7 Å². The topological polar surface area (TPSA) is 63.5 Å². The van der Waals surface area contributed by atoms with Crippen molar-refractivity contribution in [3.8, 4) is 0 Å². The van der Waals surface area contributed by atoms with Crippen LogP contribution >= 0.6 is 0 Å². The van der Waals surface area contributed by atoms with Crippen LogP contribution in [0.4, 0.5) is 4.79 Å². The Hall–Kier alpha value is -1.63. The highest BCUT2D eigenvalue weighted by Crippen LogP contribution is 2.26. The Balaban J connectivity index is 1.67. The van der Waals surface area contributed by atoms with Crippen molar-refractivity contribution >= 4 is 6.09 Å². The number of ether oxygens (including phenoxy) is 1. The highest BCUT2D eigenvalue weighted by Gasteiger charge is 2.29. The summed E-state index contributed by atoms with van der Waals surface area (Å²) in [6, 6.07) is 0. The van der Waals surface area contributed by atoms with Crippen LogP contribution in [0.2, 0.25) is 0 Å². The largest absolute Gasteiger partial charge is 0.453 e. The molecule has 1 amide bonds. The van der Waals surface area contributed by atoms with Crippen LogP contribution in [-0.2, 0) is 18.3 Å². The number of methoxy groups -OCH3 is 1. The molecule has 0 aromatic carbocycles. The molecule has 0 unspecified atom stereocenters. The van der Waals surface area contributed by atoms with E-state index in [2.05, 4.69) is 19.7 Å². The van der Waals surface area contributed by atoms with Crippen LogP contribution in [0.3, 0.4) is 0 Å². The second-order valence-corrected chi connectivity index (χ2v) is 6.63. The Labute approximate surface area is 137 Å². The fraction of sp³-hybridized carbons (Fsp3) is 0.812. The summed E-state index contributed by atoms with van der Waals surface area (Å²) in [6.07, 6.45) is 5.68. The molecule has 23 heavy (non-hydrogen) atoms. The first-order valence-corrected chi connectivity index (χ1v) is 8.62. The van der Waals surface area contributed by atoms with Crippen LogP contribution in [-0.4, -0.2) is 63.9 Å². The first kappa shape index (κ1) is 16.2. The third-order valence-corrected chi connectivity index (χ3v) is 5.03. The molecule has 0 N–H and O–H groups in total. The molecular formula is C16H27N5O2. The Kier molecular flexibility index (Phi) is 5.15. The zero-order chi connectivity index (χ0) is 16.2. The van der Waals surface area contributed by atoms with Crippen molar-refractivity contribution in [2.45, 2.75) is 44.6 Å². The minimum Gasteiger partial charge on any atom is -0.453 e. The van der Waals surface area contributed by atoms with E-state index in [0.29, 0.717) is 6.54 Å². The fourth-order valence-corrected chi connectivity index (χ4v) is 3.67. The number of likely N-dealkylation sites (tertiary alicyclic amines) is 2. The van der Waals surface area contributed by atoms with Crippen LogP contribution in [0, 0.1) is 0 Å². The van der Waals surface area contributed by atoms with Gasteiger partial charge in [0.2, 0.25) is 0 Å². The average Bonchev–Trinajstić information content (AvgIpc) is 2.96. The first-order valence-electron chi connectivity index (χ1n) is 8.62. The summed E-state index contributed by atoms with van der Waals surface area (Å²) in [5, 5.41) is 8.84. The van der Waals surface area contributed by atoms with Gasteiger partial charge in [0, 0.05) is 26.1 Å². The molecule has 1 aromatic heterocycles. The van der Waals surface area contributed by atoms with Crippen LogP contribution in [0.5, 0.6) is 0 Å². The molecule has 0 saturated carbocycles. The number of nitrogens with zero attached hydrogens (tertiary/aromatic N) is 5. The number of aromatic nitrogens is 3. The predicted octanol–water partition coefficient (Wildman–Crippen LogP) is 1.75. The van der Waals surface area contributed by atoms with Gasteiger partial charge in [-0.3, -0.25) is 4.90 Å². The molecule has 1 atom stereocenters. The van der Waals surface area contributed by atoms with Crippen molar-refractivity contribution in [3.05, 3.63) is 11.6 Å². The molecule has 2 fully saturated rings. The molecule has 7 nitrogen and oxygen atoms in total. The van der Waals surface area contributed by atoms with Gasteiger partial charge in [0.15, 0.2) is 0 Å². The van der Waals surface area contributed by atoms with Gasteiger partial charge in [-0.1, -0.05) is 6.42 Å². The minimum absolute atomic E-state index is 0.245. The number of rotatable bonds is 3. The van der Waals surface area contributed by atoms with Gasteiger partial charge in [0.25, 0.3) is 0 Å². The van der Waals surface area contributed by atoms with Gasteiger partial charge in [-0.25, -0.2) is 4.79 Å². The molecule has 2 aliphatic rings. The molecule has 2 aliphatic heterocycles. The lowest BCUT2D eigenvalue weighted by molar-refractivity contribution is 0.110. The lowest BCUT2D eigenvalue weighted by Gasteiger charge is -2.31. The Morgan fingerprint density at radius 3 is 2.70 bits per heavy atom. The van der Waals surface area contributed by atoms with E-state index in [4.69, 9.17) is 4.74 Å². The average molecular weight is 321 g/mol. The number of hydrogen-bond donors (Lipinski definition) is 0. The Morgan fingerprint density at radius 2 is 1.96 bits per heavy atom. The molecule has 2 saturated heterocycles. The van der Waals surface area contributed by atoms with Crippen molar-refractivity contribution in [1.82, 2.24) is 24.6 Å². The number of carbonyl (C=O) groups excluding carboxylic acids is 1. The van der Waals surface area contributed by atoms with Crippen LogP contribution < -0.4 is 0 Å². The van der Waals surface area contributed by atoms with Crippen molar-refractivity contribution in [3.63, 3.8) is 0 Å². The molecule has 7 heteroatoms. The van der Waals surface area contributed by atoms with Crippen molar-refractivity contribution < 1.29 is 9.53 Å². The lowest BCUT2D eigenvalue weighted by atomic mass is 9.97. The van der Waals surface area contributed by atoms with Crippen LogP contribution in [0.25, 0.3) is 0 Å². The van der Waals surface area contributed by atoms with Crippen molar-refractivity contribution in [2.24, 2.45) is 7.05 Å². The maximum Gasteiger partial charge on any atom is 0.409 e. The molecule has 128 valence electrons. The summed E-state index contributed by atoms with van der Waals surface area (Å²) in [5.41, 5.74) is 0. The van der Waals surface area contributed by atoms with E-state index in [9.17, 15) is 4.79 Å². The summed E-state index contributed by atoms with van der Waals surface area (Å²) in [4.78, 5) is 16.0. The maximum absolute atomic E-state index is 11.8. The normalized spacial score (nSPS) is 23.0. The summed E-state index contributed by atoms with van der Waals surface area (Å²) >= 11 is 0. The molecule has 0 radical (unpaired) electrons. The van der Waals surface area contributed by atoms with Crippen molar-refractivity contribution in [2.75, 3.05) is 33.3 Å². The van der Waals surface area contributed by atoms with Crippen LogP contribution in [0.1, 0.15) is 49.7 Å². The number of amides is 1. The zero-order valence-electron chi connectivity index (χ0n) is 14.2. The van der Waals surface area contributed by atoms with Gasteiger partial charge in [-0.2, -0.15) is 0 Å². The SMILES string of the molecule is COC(=O)N1CCC[C@H](c2nnc(CN3CCCCC3)n2C)C1. The summed E-state index contributed by atoms with van der Waals surface area (Å²) in [6.45, 7) is 4.62. The van der Waals surface area contributed by atoms with Gasteiger partial charge >= 0.3 is 6.09 Å². The van der Waals surface area contributed by atoms with Crippen LogP contribution in [0.15, 0.2) is 0 Å². The van der Waals surface area contributed by atoms with Gasteiger partial charge in [0.1, 0.15) is 11.6 Å². The van der Waals surface area contributed by atoms with E-state index in [1.807, 2.05) is 7.05 Å². The highest BCUT2D eigenvalue weighted by atomic mass is 16.5. The third kappa shape index (κ3) is 3.65. The minimum atomic E-state index is -0.245.